The van der Waals surface area contributed by atoms with Crippen molar-refractivity contribution in [2.24, 2.45) is 0 Å². The highest BCUT2D eigenvalue weighted by molar-refractivity contribution is 5.78. The molecule has 1 aliphatic heterocycles. The van der Waals surface area contributed by atoms with Crippen LogP contribution in [-0.4, -0.2) is 61.4 Å². The summed E-state index contributed by atoms with van der Waals surface area (Å²) in [6.45, 7) is 3.20. The van der Waals surface area contributed by atoms with Crippen molar-refractivity contribution in [3.63, 3.8) is 0 Å². The molecule has 1 saturated heterocycles. The van der Waals surface area contributed by atoms with Crippen LogP contribution in [0.5, 0.6) is 0 Å². The molecular weight excluding hydrogens is 304 g/mol. The largest absolute Gasteiger partial charge is 0.395 e. The lowest BCUT2D eigenvalue weighted by Crippen LogP contribution is -2.47. The van der Waals surface area contributed by atoms with Gasteiger partial charge in [0, 0.05) is 37.8 Å². The van der Waals surface area contributed by atoms with Crippen molar-refractivity contribution < 1.29 is 14.6 Å². The molecule has 2 N–H and O–H groups in total. The van der Waals surface area contributed by atoms with Gasteiger partial charge in [-0.25, -0.2) is 0 Å². The van der Waals surface area contributed by atoms with Crippen molar-refractivity contribution in [3.05, 3.63) is 35.9 Å². The SMILES string of the molecule is O=C(CN(CCO)C1CC1)NCC1(c2ccccc2)CCOCC1. The number of hydrogen-bond donors (Lipinski definition) is 2. The van der Waals surface area contributed by atoms with Crippen LogP contribution < -0.4 is 5.32 Å². The number of aliphatic hydroxyl groups excluding tert-OH is 1. The third kappa shape index (κ3) is 4.35. The first kappa shape index (κ1) is 17.4. The van der Waals surface area contributed by atoms with E-state index in [0.29, 0.717) is 25.7 Å². The Balaban J connectivity index is 1.60. The first-order chi connectivity index (χ1) is 11.7. The Morgan fingerprint density at radius 2 is 1.96 bits per heavy atom. The second kappa shape index (κ2) is 8.10. The second-order valence-corrected chi connectivity index (χ2v) is 6.96. The number of carbonyl (C=O) groups excluding carboxylic acids is 1. The number of benzene rings is 1. The standard InChI is InChI=1S/C19H28N2O3/c22-11-10-21(17-6-7-17)14-18(23)20-15-19(8-12-24-13-9-19)16-4-2-1-3-5-16/h1-5,17,22H,6-15H2,(H,20,23). The number of carbonyl (C=O) groups is 1. The van der Waals surface area contributed by atoms with E-state index in [4.69, 9.17) is 9.84 Å². The predicted molar refractivity (Wildman–Crippen MR) is 92.9 cm³/mol. The summed E-state index contributed by atoms with van der Waals surface area (Å²) >= 11 is 0. The average molecular weight is 332 g/mol. The lowest BCUT2D eigenvalue weighted by molar-refractivity contribution is -0.123. The van der Waals surface area contributed by atoms with Crippen LogP contribution in [0.1, 0.15) is 31.2 Å². The first-order valence-corrected chi connectivity index (χ1v) is 8.98. The summed E-state index contributed by atoms with van der Waals surface area (Å²) in [7, 11) is 0. The van der Waals surface area contributed by atoms with Gasteiger partial charge in [0.05, 0.1) is 13.2 Å². The van der Waals surface area contributed by atoms with Gasteiger partial charge in [-0.1, -0.05) is 30.3 Å². The van der Waals surface area contributed by atoms with E-state index in [0.717, 1.165) is 38.9 Å². The zero-order valence-electron chi connectivity index (χ0n) is 14.2. The molecule has 2 aliphatic rings. The molecule has 1 aliphatic carbocycles. The van der Waals surface area contributed by atoms with Crippen LogP contribution in [-0.2, 0) is 14.9 Å². The fourth-order valence-corrected chi connectivity index (χ4v) is 3.59. The first-order valence-electron chi connectivity index (χ1n) is 8.98. The molecule has 0 aromatic heterocycles. The molecule has 1 heterocycles. The molecule has 1 amide bonds. The van der Waals surface area contributed by atoms with Gasteiger partial charge >= 0.3 is 0 Å². The van der Waals surface area contributed by atoms with Crippen LogP contribution in [0.2, 0.25) is 0 Å². The molecule has 1 aromatic carbocycles. The van der Waals surface area contributed by atoms with Gasteiger partial charge < -0.3 is 15.2 Å². The van der Waals surface area contributed by atoms with E-state index in [-0.39, 0.29) is 17.9 Å². The Kier molecular flexibility index (Phi) is 5.87. The van der Waals surface area contributed by atoms with Gasteiger partial charge in [0.2, 0.25) is 5.91 Å². The summed E-state index contributed by atoms with van der Waals surface area (Å²) in [5.74, 6) is 0.0529. The van der Waals surface area contributed by atoms with Gasteiger partial charge in [-0.05, 0) is 31.2 Å². The number of nitrogens with one attached hydrogen (secondary N) is 1. The minimum Gasteiger partial charge on any atom is -0.395 e. The Hall–Kier alpha value is -1.43. The highest BCUT2D eigenvalue weighted by Crippen LogP contribution is 2.34. The Morgan fingerprint density at radius 3 is 2.58 bits per heavy atom. The molecule has 132 valence electrons. The third-order valence-corrected chi connectivity index (χ3v) is 5.26. The lowest BCUT2D eigenvalue weighted by atomic mass is 9.74. The molecule has 24 heavy (non-hydrogen) atoms. The van der Waals surface area contributed by atoms with Crippen LogP contribution in [0.4, 0.5) is 0 Å². The second-order valence-electron chi connectivity index (χ2n) is 6.96. The van der Waals surface area contributed by atoms with Gasteiger partial charge in [-0.15, -0.1) is 0 Å². The molecule has 1 aromatic rings. The third-order valence-electron chi connectivity index (χ3n) is 5.26. The summed E-state index contributed by atoms with van der Waals surface area (Å²) in [6, 6.07) is 10.9. The highest BCUT2D eigenvalue weighted by atomic mass is 16.5. The quantitative estimate of drug-likeness (QED) is 0.753. The van der Waals surface area contributed by atoms with Crippen molar-refractivity contribution in [3.8, 4) is 0 Å². The minimum atomic E-state index is -0.0312. The summed E-state index contributed by atoms with van der Waals surface area (Å²) < 4.78 is 5.54. The van der Waals surface area contributed by atoms with Crippen LogP contribution in [0.3, 0.4) is 0 Å². The van der Waals surface area contributed by atoms with Crippen LogP contribution in [0.15, 0.2) is 30.3 Å². The van der Waals surface area contributed by atoms with Gasteiger partial charge in [-0.3, -0.25) is 9.69 Å². The van der Waals surface area contributed by atoms with Crippen molar-refractivity contribution >= 4 is 5.91 Å². The van der Waals surface area contributed by atoms with Crippen molar-refractivity contribution in [2.75, 3.05) is 39.5 Å². The van der Waals surface area contributed by atoms with E-state index in [9.17, 15) is 4.79 Å². The lowest BCUT2D eigenvalue weighted by Gasteiger charge is -2.38. The van der Waals surface area contributed by atoms with Crippen LogP contribution in [0.25, 0.3) is 0 Å². The maximum atomic E-state index is 12.4. The average Bonchev–Trinajstić information content (AvgIpc) is 3.46. The summed E-state index contributed by atoms with van der Waals surface area (Å²) in [6.07, 6.45) is 4.14. The number of nitrogens with zero attached hydrogens (tertiary/aromatic N) is 1. The molecule has 0 atom stereocenters. The van der Waals surface area contributed by atoms with E-state index in [1.165, 1.54) is 5.56 Å². The van der Waals surface area contributed by atoms with Crippen molar-refractivity contribution in [1.29, 1.82) is 0 Å². The maximum absolute atomic E-state index is 12.4. The van der Waals surface area contributed by atoms with Crippen molar-refractivity contribution in [1.82, 2.24) is 10.2 Å². The fraction of sp³-hybridized carbons (Fsp3) is 0.632. The molecule has 1 saturated carbocycles. The molecule has 2 fully saturated rings. The normalized spacial score (nSPS) is 20.1. The van der Waals surface area contributed by atoms with Crippen molar-refractivity contribution in [2.45, 2.75) is 37.1 Å². The van der Waals surface area contributed by atoms with Gasteiger partial charge in [0.25, 0.3) is 0 Å². The molecule has 5 heteroatoms. The summed E-state index contributed by atoms with van der Waals surface area (Å²) in [5, 5.41) is 12.3. The molecule has 5 nitrogen and oxygen atoms in total. The molecular formula is C19H28N2O3. The topological polar surface area (TPSA) is 61.8 Å². The molecule has 3 rings (SSSR count). The minimum absolute atomic E-state index is 0.0312. The number of aliphatic hydroxyl groups is 1. The summed E-state index contributed by atoms with van der Waals surface area (Å²) in [4.78, 5) is 14.5. The smallest absolute Gasteiger partial charge is 0.234 e. The Labute approximate surface area is 144 Å². The number of hydrogen-bond acceptors (Lipinski definition) is 4. The molecule has 0 spiro atoms. The zero-order chi connectivity index (χ0) is 16.8. The predicted octanol–water partition coefficient (Wildman–Crippen LogP) is 1.31. The Bertz CT molecular complexity index is 525. The summed E-state index contributed by atoms with van der Waals surface area (Å²) in [5.41, 5.74) is 1.25. The van der Waals surface area contributed by atoms with Crippen LogP contribution >= 0.6 is 0 Å². The van der Waals surface area contributed by atoms with E-state index < -0.39 is 0 Å². The fourth-order valence-electron chi connectivity index (χ4n) is 3.59. The Morgan fingerprint density at radius 1 is 1.25 bits per heavy atom. The number of rotatable bonds is 8. The molecule has 0 radical (unpaired) electrons. The van der Waals surface area contributed by atoms with E-state index in [2.05, 4.69) is 34.5 Å². The molecule has 0 bridgehead atoms. The van der Waals surface area contributed by atoms with E-state index >= 15 is 0 Å². The van der Waals surface area contributed by atoms with E-state index in [1.54, 1.807) is 0 Å². The highest BCUT2D eigenvalue weighted by Gasteiger charge is 2.35. The number of amides is 1. The van der Waals surface area contributed by atoms with Gasteiger partial charge in [-0.2, -0.15) is 0 Å². The molecule has 0 unspecified atom stereocenters. The van der Waals surface area contributed by atoms with Gasteiger partial charge in [0.1, 0.15) is 0 Å². The van der Waals surface area contributed by atoms with Gasteiger partial charge in [0.15, 0.2) is 0 Å². The van der Waals surface area contributed by atoms with E-state index in [1.807, 2.05) is 6.07 Å². The zero-order valence-corrected chi connectivity index (χ0v) is 14.2. The van der Waals surface area contributed by atoms with Crippen LogP contribution in [0, 0.1) is 0 Å². The maximum Gasteiger partial charge on any atom is 0.234 e. The monoisotopic (exact) mass is 332 g/mol. The number of ether oxygens (including phenoxy) is 1.